The van der Waals surface area contributed by atoms with Gasteiger partial charge >= 0.3 is 0 Å². The van der Waals surface area contributed by atoms with E-state index < -0.39 is 0 Å². The summed E-state index contributed by atoms with van der Waals surface area (Å²) in [6, 6.07) is 10.4. The molecule has 2 fully saturated rings. The van der Waals surface area contributed by atoms with Crippen molar-refractivity contribution in [1.82, 2.24) is 25.3 Å². The van der Waals surface area contributed by atoms with Crippen molar-refractivity contribution in [1.29, 1.82) is 0 Å². The zero-order chi connectivity index (χ0) is 22.0. The van der Waals surface area contributed by atoms with Crippen LogP contribution in [0.2, 0.25) is 0 Å². The van der Waals surface area contributed by atoms with Gasteiger partial charge in [-0.3, -0.25) is 4.98 Å². The minimum Gasteiger partial charge on any atom is -0.477 e. The Labute approximate surface area is 192 Å². The molecule has 6 rings (SSSR count). The van der Waals surface area contributed by atoms with Crippen LogP contribution in [0.1, 0.15) is 25.7 Å². The normalized spacial score (nSPS) is 18.4. The Balaban J connectivity index is 1.25. The van der Waals surface area contributed by atoms with Gasteiger partial charge in [0.25, 0.3) is 0 Å². The van der Waals surface area contributed by atoms with Gasteiger partial charge in [0.15, 0.2) is 0 Å². The molecule has 4 aromatic rings. The largest absolute Gasteiger partial charge is 0.477 e. The van der Waals surface area contributed by atoms with E-state index in [9.17, 15) is 0 Å². The SMILES string of the molecule is c1cc(OCC2CC2)ncc1-c1ccc2[nH]cc(-c3cncc(OC4CCCNC4)n3)c2c1. The second-order valence-electron chi connectivity index (χ2n) is 8.93. The van der Waals surface area contributed by atoms with Crippen LogP contribution in [-0.4, -0.2) is 45.7 Å². The van der Waals surface area contributed by atoms with Crippen LogP contribution < -0.4 is 14.8 Å². The average Bonchev–Trinajstić information content (AvgIpc) is 3.60. The number of hydrogen-bond acceptors (Lipinski definition) is 6. The van der Waals surface area contributed by atoms with Crippen molar-refractivity contribution in [3.8, 4) is 34.1 Å². The number of rotatable bonds is 7. The van der Waals surface area contributed by atoms with Crippen molar-refractivity contribution in [2.45, 2.75) is 31.8 Å². The van der Waals surface area contributed by atoms with Gasteiger partial charge in [-0.2, -0.15) is 0 Å². The summed E-state index contributed by atoms with van der Waals surface area (Å²) in [4.78, 5) is 17.0. The molecule has 7 nitrogen and oxygen atoms in total. The zero-order valence-electron chi connectivity index (χ0n) is 18.5. The number of pyridine rings is 1. The zero-order valence-corrected chi connectivity index (χ0v) is 18.5. The molecule has 1 unspecified atom stereocenters. The summed E-state index contributed by atoms with van der Waals surface area (Å²) in [5, 5.41) is 4.46. The Kier molecular flexibility index (Phi) is 5.40. The second-order valence-corrected chi connectivity index (χ2v) is 8.93. The molecular formula is C26H27N5O2. The van der Waals surface area contributed by atoms with Crippen LogP contribution in [0.4, 0.5) is 0 Å². The van der Waals surface area contributed by atoms with Crippen LogP contribution in [-0.2, 0) is 0 Å². The summed E-state index contributed by atoms with van der Waals surface area (Å²) in [6.45, 7) is 2.67. The number of aromatic amines is 1. The van der Waals surface area contributed by atoms with E-state index in [4.69, 9.17) is 14.5 Å². The third-order valence-electron chi connectivity index (χ3n) is 6.34. The van der Waals surface area contributed by atoms with Crippen LogP contribution in [0.5, 0.6) is 11.8 Å². The molecule has 33 heavy (non-hydrogen) atoms. The van der Waals surface area contributed by atoms with Crippen LogP contribution in [0.3, 0.4) is 0 Å². The average molecular weight is 442 g/mol. The van der Waals surface area contributed by atoms with Crippen LogP contribution in [0.15, 0.2) is 55.1 Å². The number of benzene rings is 1. The van der Waals surface area contributed by atoms with Crippen molar-refractivity contribution in [2.75, 3.05) is 19.7 Å². The third kappa shape index (κ3) is 4.54. The molecule has 2 aliphatic rings. The Morgan fingerprint density at radius 2 is 1.91 bits per heavy atom. The van der Waals surface area contributed by atoms with Crippen molar-refractivity contribution < 1.29 is 9.47 Å². The van der Waals surface area contributed by atoms with E-state index in [1.807, 2.05) is 18.5 Å². The number of aromatic nitrogens is 4. The highest BCUT2D eigenvalue weighted by atomic mass is 16.5. The molecule has 2 N–H and O–H groups in total. The number of nitrogens with one attached hydrogen (secondary N) is 2. The maximum Gasteiger partial charge on any atom is 0.233 e. The highest BCUT2D eigenvalue weighted by molar-refractivity contribution is 5.97. The van der Waals surface area contributed by atoms with Gasteiger partial charge in [0, 0.05) is 47.0 Å². The molecule has 1 aromatic carbocycles. The van der Waals surface area contributed by atoms with Crippen LogP contribution in [0.25, 0.3) is 33.3 Å². The molecule has 0 radical (unpaired) electrons. The van der Waals surface area contributed by atoms with E-state index in [-0.39, 0.29) is 6.10 Å². The Morgan fingerprint density at radius 3 is 2.73 bits per heavy atom. The molecular weight excluding hydrogens is 414 g/mol. The number of piperidine rings is 1. The summed E-state index contributed by atoms with van der Waals surface area (Å²) in [5.41, 5.74) is 5.00. The molecule has 0 bridgehead atoms. The van der Waals surface area contributed by atoms with Gasteiger partial charge in [0.2, 0.25) is 11.8 Å². The van der Waals surface area contributed by atoms with Crippen LogP contribution in [0, 0.1) is 5.92 Å². The first-order valence-electron chi connectivity index (χ1n) is 11.7. The molecule has 1 aliphatic heterocycles. The molecule has 3 aromatic heterocycles. The molecule has 1 saturated carbocycles. The maximum absolute atomic E-state index is 6.08. The van der Waals surface area contributed by atoms with Gasteiger partial charge in [-0.05, 0) is 61.9 Å². The molecule has 7 heteroatoms. The molecule has 0 amide bonds. The summed E-state index contributed by atoms with van der Waals surface area (Å²) >= 11 is 0. The Hall–Kier alpha value is -3.45. The van der Waals surface area contributed by atoms with E-state index >= 15 is 0 Å². The number of fused-ring (bicyclic) bond motifs is 1. The lowest BCUT2D eigenvalue weighted by atomic mass is 10.0. The molecule has 168 valence electrons. The summed E-state index contributed by atoms with van der Waals surface area (Å²) in [6.07, 6.45) is 12.2. The molecule has 0 spiro atoms. The van der Waals surface area contributed by atoms with Crippen molar-refractivity contribution in [3.63, 3.8) is 0 Å². The third-order valence-corrected chi connectivity index (χ3v) is 6.34. The lowest BCUT2D eigenvalue weighted by molar-refractivity contribution is 0.160. The van der Waals surface area contributed by atoms with Crippen molar-refractivity contribution in [3.05, 3.63) is 55.1 Å². The van der Waals surface area contributed by atoms with Gasteiger partial charge in [-0.15, -0.1) is 0 Å². The Morgan fingerprint density at radius 1 is 0.970 bits per heavy atom. The maximum atomic E-state index is 6.08. The first-order chi connectivity index (χ1) is 16.3. The van der Waals surface area contributed by atoms with Gasteiger partial charge < -0.3 is 19.8 Å². The molecule has 1 aliphatic carbocycles. The minimum absolute atomic E-state index is 0.140. The smallest absolute Gasteiger partial charge is 0.233 e. The van der Waals surface area contributed by atoms with Crippen LogP contribution >= 0.6 is 0 Å². The summed E-state index contributed by atoms with van der Waals surface area (Å²) in [5.74, 6) is 1.97. The topological polar surface area (TPSA) is 85.0 Å². The number of ether oxygens (including phenoxy) is 2. The van der Waals surface area contributed by atoms with E-state index in [1.165, 1.54) is 12.8 Å². The van der Waals surface area contributed by atoms with E-state index in [2.05, 4.69) is 44.5 Å². The first-order valence-corrected chi connectivity index (χ1v) is 11.7. The fourth-order valence-corrected chi connectivity index (χ4v) is 4.26. The van der Waals surface area contributed by atoms with Gasteiger partial charge in [-0.1, -0.05) is 6.07 Å². The predicted octanol–water partition coefficient (Wildman–Crippen LogP) is 4.61. The Bertz CT molecular complexity index is 1240. The monoisotopic (exact) mass is 441 g/mol. The number of nitrogens with zero attached hydrogens (tertiary/aromatic N) is 3. The lowest BCUT2D eigenvalue weighted by Crippen LogP contribution is -2.37. The summed E-state index contributed by atoms with van der Waals surface area (Å²) in [7, 11) is 0. The molecule has 4 heterocycles. The fraction of sp³-hybridized carbons (Fsp3) is 0.346. The highest BCUT2D eigenvalue weighted by Gasteiger charge is 2.22. The molecule has 1 atom stereocenters. The number of H-pyrrole nitrogens is 1. The second kappa shape index (κ2) is 8.83. The first kappa shape index (κ1) is 20.2. The van der Waals surface area contributed by atoms with Gasteiger partial charge in [0.1, 0.15) is 6.10 Å². The predicted molar refractivity (Wildman–Crippen MR) is 127 cm³/mol. The fourth-order valence-electron chi connectivity index (χ4n) is 4.26. The summed E-state index contributed by atoms with van der Waals surface area (Å²) < 4.78 is 11.9. The minimum atomic E-state index is 0.140. The van der Waals surface area contributed by atoms with E-state index in [1.54, 1.807) is 12.4 Å². The molecule has 1 saturated heterocycles. The quantitative estimate of drug-likeness (QED) is 0.436. The lowest BCUT2D eigenvalue weighted by Gasteiger charge is -2.23. The highest BCUT2D eigenvalue weighted by Crippen LogP contribution is 2.33. The van der Waals surface area contributed by atoms with Gasteiger partial charge in [0.05, 0.1) is 24.7 Å². The standard InChI is InChI=1S/C26H27N5O2/c1-2-20(12-27-9-1)33-26-15-28-14-24(31-26)22-13-29-23-7-5-18(10-21(22)23)19-6-8-25(30-11-19)32-16-17-3-4-17/h5-8,10-11,13-15,17,20,27,29H,1-4,9,12,16H2. The number of hydrogen-bond donors (Lipinski definition) is 2. The van der Waals surface area contributed by atoms with E-state index in [0.29, 0.717) is 17.7 Å². The van der Waals surface area contributed by atoms with E-state index in [0.717, 1.165) is 65.8 Å². The van der Waals surface area contributed by atoms with Crippen molar-refractivity contribution in [2.24, 2.45) is 5.92 Å². The van der Waals surface area contributed by atoms with Gasteiger partial charge in [-0.25, -0.2) is 9.97 Å². The van der Waals surface area contributed by atoms with Crippen molar-refractivity contribution >= 4 is 10.9 Å².